The van der Waals surface area contributed by atoms with E-state index in [0.717, 1.165) is 0 Å². The molecule has 3 heteroatoms. The number of hydrogen-bond donors (Lipinski definition) is 1. The first-order chi connectivity index (χ1) is 7.15. The van der Waals surface area contributed by atoms with Gasteiger partial charge in [0, 0.05) is 16.8 Å². The van der Waals surface area contributed by atoms with Crippen molar-refractivity contribution in [3.63, 3.8) is 0 Å². The molecule has 0 amide bonds. The van der Waals surface area contributed by atoms with E-state index in [1.807, 2.05) is 6.07 Å². The van der Waals surface area contributed by atoms with E-state index in [4.69, 9.17) is 11.0 Å². The zero-order valence-electron chi connectivity index (χ0n) is 8.37. The molecule has 0 aliphatic carbocycles. The van der Waals surface area contributed by atoms with E-state index in [-0.39, 0.29) is 12.2 Å². The number of anilines is 1. The Morgan fingerprint density at radius 1 is 1.53 bits per heavy atom. The minimum Gasteiger partial charge on any atom is -0.398 e. The fraction of sp³-hybridized carbons (Fsp3) is 0.167. The minimum atomic E-state index is -0.0294. The molecule has 0 aliphatic heterocycles. The standard InChI is InChI=1S/C12H10N2O/c1-9(15)11-6-5-10(12(14)8-11)4-2-3-7-13/h5-6,8H,3,14H2,1H3. The van der Waals surface area contributed by atoms with Gasteiger partial charge in [-0.2, -0.15) is 5.26 Å². The highest BCUT2D eigenvalue weighted by Gasteiger charge is 2.01. The quantitative estimate of drug-likeness (QED) is 0.424. The lowest BCUT2D eigenvalue weighted by atomic mass is 10.1. The summed E-state index contributed by atoms with van der Waals surface area (Å²) in [6, 6.07) is 6.88. The number of hydrogen-bond acceptors (Lipinski definition) is 3. The maximum atomic E-state index is 11.0. The van der Waals surface area contributed by atoms with E-state index in [2.05, 4.69) is 11.8 Å². The third kappa shape index (κ3) is 2.86. The Balaban J connectivity index is 3.01. The van der Waals surface area contributed by atoms with E-state index in [0.29, 0.717) is 16.8 Å². The van der Waals surface area contributed by atoms with E-state index in [1.54, 1.807) is 18.2 Å². The van der Waals surface area contributed by atoms with E-state index in [1.165, 1.54) is 6.92 Å². The van der Waals surface area contributed by atoms with Gasteiger partial charge in [-0.05, 0) is 19.1 Å². The van der Waals surface area contributed by atoms with Crippen molar-refractivity contribution in [3.05, 3.63) is 29.3 Å². The second-order valence-corrected chi connectivity index (χ2v) is 2.99. The molecule has 0 aromatic heterocycles. The number of Topliss-reactive ketones (excluding diaryl/α,β-unsaturated/α-hetero) is 1. The summed E-state index contributed by atoms with van der Waals surface area (Å²) in [7, 11) is 0. The third-order valence-corrected chi connectivity index (χ3v) is 1.85. The molecule has 0 atom stereocenters. The first-order valence-electron chi connectivity index (χ1n) is 4.41. The Bertz CT molecular complexity index is 487. The molecule has 0 saturated heterocycles. The first-order valence-corrected chi connectivity index (χ1v) is 4.41. The van der Waals surface area contributed by atoms with Crippen LogP contribution in [0.2, 0.25) is 0 Å². The Kier molecular flexibility index (Phi) is 3.49. The molecule has 0 aliphatic rings. The second kappa shape index (κ2) is 4.83. The van der Waals surface area contributed by atoms with Crippen molar-refractivity contribution >= 4 is 11.5 Å². The van der Waals surface area contributed by atoms with Crippen LogP contribution in [0.3, 0.4) is 0 Å². The third-order valence-electron chi connectivity index (χ3n) is 1.85. The van der Waals surface area contributed by atoms with Crippen LogP contribution in [0.15, 0.2) is 18.2 Å². The number of carbonyl (C=O) groups excluding carboxylic acids is 1. The number of nitrogen functional groups attached to an aromatic ring is 1. The lowest BCUT2D eigenvalue weighted by molar-refractivity contribution is 0.101. The van der Waals surface area contributed by atoms with Gasteiger partial charge in [0.2, 0.25) is 0 Å². The van der Waals surface area contributed by atoms with Crippen molar-refractivity contribution in [2.24, 2.45) is 0 Å². The highest BCUT2D eigenvalue weighted by molar-refractivity contribution is 5.95. The summed E-state index contributed by atoms with van der Waals surface area (Å²) in [5.41, 5.74) is 7.39. The van der Waals surface area contributed by atoms with Crippen LogP contribution >= 0.6 is 0 Å². The van der Waals surface area contributed by atoms with Crippen molar-refractivity contribution in [2.45, 2.75) is 13.3 Å². The molecule has 2 N–H and O–H groups in total. The smallest absolute Gasteiger partial charge is 0.159 e. The lowest BCUT2D eigenvalue weighted by Gasteiger charge is -2.00. The Morgan fingerprint density at radius 3 is 2.80 bits per heavy atom. The van der Waals surface area contributed by atoms with Gasteiger partial charge in [0.05, 0.1) is 12.5 Å². The van der Waals surface area contributed by atoms with Gasteiger partial charge in [0.25, 0.3) is 0 Å². The average Bonchev–Trinajstić information content (AvgIpc) is 2.20. The predicted molar refractivity (Wildman–Crippen MR) is 58.0 cm³/mol. The van der Waals surface area contributed by atoms with Gasteiger partial charge >= 0.3 is 0 Å². The topological polar surface area (TPSA) is 66.9 Å². The maximum absolute atomic E-state index is 11.0. The molecule has 0 fully saturated rings. The zero-order valence-corrected chi connectivity index (χ0v) is 8.37. The molecular formula is C12H10N2O. The number of nitriles is 1. The normalized spacial score (nSPS) is 8.53. The van der Waals surface area contributed by atoms with Crippen LogP contribution in [0.1, 0.15) is 29.3 Å². The molecule has 1 rings (SSSR count). The molecule has 0 saturated carbocycles. The average molecular weight is 198 g/mol. The highest BCUT2D eigenvalue weighted by atomic mass is 16.1. The summed E-state index contributed by atoms with van der Waals surface area (Å²) in [5, 5.41) is 8.30. The summed E-state index contributed by atoms with van der Waals surface area (Å²) in [6.45, 7) is 1.48. The Labute approximate surface area is 88.5 Å². The van der Waals surface area contributed by atoms with Gasteiger partial charge in [0.15, 0.2) is 5.78 Å². The SMILES string of the molecule is CC(=O)c1ccc(C#CCC#N)c(N)c1. The summed E-state index contributed by atoms with van der Waals surface area (Å²) in [5.74, 6) is 5.41. The fourth-order valence-electron chi connectivity index (χ4n) is 1.07. The fourth-order valence-corrected chi connectivity index (χ4v) is 1.07. The van der Waals surface area contributed by atoms with E-state index in [9.17, 15) is 4.79 Å². The zero-order chi connectivity index (χ0) is 11.3. The molecular weight excluding hydrogens is 188 g/mol. The monoisotopic (exact) mass is 198 g/mol. The van der Waals surface area contributed by atoms with Crippen molar-refractivity contribution in [3.8, 4) is 17.9 Å². The van der Waals surface area contributed by atoms with Crippen molar-refractivity contribution in [2.75, 3.05) is 5.73 Å². The van der Waals surface area contributed by atoms with Gasteiger partial charge in [0.1, 0.15) is 0 Å². The number of nitrogens with two attached hydrogens (primary N) is 1. The molecule has 0 heterocycles. The van der Waals surface area contributed by atoms with Crippen LogP contribution in [0.25, 0.3) is 0 Å². The number of ketones is 1. The van der Waals surface area contributed by atoms with Crippen LogP contribution in [-0.2, 0) is 0 Å². The molecule has 1 aromatic rings. The molecule has 15 heavy (non-hydrogen) atoms. The molecule has 0 spiro atoms. The van der Waals surface area contributed by atoms with Crippen molar-refractivity contribution < 1.29 is 4.79 Å². The van der Waals surface area contributed by atoms with Crippen molar-refractivity contribution in [1.29, 1.82) is 5.26 Å². The van der Waals surface area contributed by atoms with Gasteiger partial charge in [-0.3, -0.25) is 4.79 Å². The predicted octanol–water partition coefficient (Wildman–Crippen LogP) is 1.74. The molecule has 3 nitrogen and oxygen atoms in total. The summed E-state index contributed by atoms with van der Waals surface area (Å²) in [6.07, 6.45) is 0.175. The van der Waals surface area contributed by atoms with Crippen LogP contribution in [0.5, 0.6) is 0 Å². The van der Waals surface area contributed by atoms with E-state index >= 15 is 0 Å². The van der Waals surface area contributed by atoms with Crippen LogP contribution in [0.4, 0.5) is 5.69 Å². The molecule has 1 aromatic carbocycles. The largest absolute Gasteiger partial charge is 0.398 e. The molecule has 0 unspecified atom stereocenters. The Morgan fingerprint density at radius 2 is 2.27 bits per heavy atom. The van der Waals surface area contributed by atoms with Crippen molar-refractivity contribution in [1.82, 2.24) is 0 Å². The lowest BCUT2D eigenvalue weighted by Crippen LogP contribution is -1.96. The second-order valence-electron chi connectivity index (χ2n) is 2.99. The molecule has 74 valence electrons. The number of carbonyl (C=O) groups is 1. The van der Waals surface area contributed by atoms with Gasteiger partial charge in [-0.1, -0.05) is 17.9 Å². The number of nitrogens with zero attached hydrogens (tertiary/aromatic N) is 1. The van der Waals surface area contributed by atoms with Crippen LogP contribution in [0, 0.1) is 23.2 Å². The number of benzene rings is 1. The summed E-state index contributed by atoms with van der Waals surface area (Å²) < 4.78 is 0. The summed E-state index contributed by atoms with van der Waals surface area (Å²) in [4.78, 5) is 11.0. The van der Waals surface area contributed by atoms with Crippen LogP contribution < -0.4 is 5.73 Å². The van der Waals surface area contributed by atoms with Crippen LogP contribution in [-0.4, -0.2) is 5.78 Å². The van der Waals surface area contributed by atoms with Gasteiger partial charge in [-0.15, -0.1) is 0 Å². The molecule has 0 bridgehead atoms. The van der Waals surface area contributed by atoms with E-state index < -0.39 is 0 Å². The highest BCUT2D eigenvalue weighted by Crippen LogP contribution is 2.13. The summed E-state index contributed by atoms with van der Waals surface area (Å²) >= 11 is 0. The minimum absolute atomic E-state index is 0.0294. The number of rotatable bonds is 1. The first kappa shape index (κ1) is 10.8. The Hall–Kier alpha value is -2.26. The van der Waals surface area contributed by atoms with Gasteiger partial charge in [-0.25, -0.2) is 0 Å². The van der Waals surface area contributed by atoms with Gasteiger partial charge < -0.3 is 5.73 Å². The maximum Gasteiger partial charge on any atom is 0.159 e. The molecule has 0 radical (unpaired) electrons.